The predicted octanol–water partition coefficient (Wildman–Crippen LogP) is 0.770. The summed E-state index contributed by atoms with van der Waals surface area (Å²) in [5.74, 6) is 0. The number of hydrogen-bond donors (Lipinski definition) is 2. The summed E-state index contributed by atoms with van der Waals surface area (Å²) in [5.41, 5.74) is 5.89. The molecule has 2 fully saturated rings. The topological polar surface area (TPSA) is 64.7 Å². The zero-order valence-corrected chi connectivity index (χ0v) is 9.10. The monoisotopic (exact) mass is 215 g/mol. The van der Waals surface area contributed by atoms with Gasteiger partial charge in [0, 0.05) is 12.5 Å². The maximum absolute atomic E-state index is 8.93. The van der Waals surface area contributed by atoms with Crippen LogP contribution in [0.4, 0.5) is 0 Å². The Hall–Kier alpha value is -0.160. The molecule has 4 atom stereocenters. The van der Waals surface area contributed by atoms with Crippen LogP contribution in [-0.2, 0) is 9.47 Å². The first kappa shape index (κ1) is 11.3. The Balaban J connectivity index is 1.72. The van der Waals surface area contributed by atoms with Crippen molar-refractivity contribution in [2.45, 2.75) is 63.1 Å². The summed E-state index contributed by atoms with van der Waals surface area (Å²) in [4.78, 5) is 0. The molecule has 0 aromatic carbocycles. The second-order valence-electron chi connectivity index (χ2n) is 4.63. The van der Waals surface area contributed by atoms with Crippen LogP contribution in [0.1, 0.15) is 38.5 Å². The average molecular weight is 215 g/mol. The van der Waals surface area contributed by atoms with Crippen LogP contribution in [0.25, 0.3) is 0 Å². The van der Waals surface area contributed by atoms with E-state index in [1.807, 2.05) is 0 Å². The molecule has 0 aromatic heterocycles. The minimum atomic E-state index is -0.113. The molecule has 0 aromatic rings. The van der Waals surface area contributed by atoms with Crippen LogP contribution in [0.5, 0.6) is 0 Å². The van der Waals surface area contributed by atoms with Crippen molar-refractivity contribution in [2.24, 2.45) is 5.73 Å². The molecule has 2 aliphatic rings. The van der Waals surface area contributed by atoms with Crippen LogP contribution < -0.4 is 5.73 Å². The Morgan fingerprint density at radius 1 is 1.27 bits per heavy atom. The third-order valence-corrected chi connectivity index (χ3v) is 3.28. The molecule has 0 bridgehead atoms. The number of hydrogen-bond acceptors (Lipinski definition) is 4. The van der Waals surface area contributed by atoms with Gasteiger partial charge in [-0.1, -0.05) is 0 Å². The molecule has 15 heavy (non-hydrogen) atoms. The molecule has 4 nitrogen and oxygen atoms in total. The molecule has 0 spiro atoms. The highest BCUT2D eigenvalue weighted by Crippen LogP contribution is 2.26. The van der Waals surface area contributed by atoms with Gasteiger partial charge in [-0.05, 0) is 32.1 Å². The number of aliphatic hydroxyl groups excluding tert-OH is 1. The molecule has 1 aliphatic heterocycles. The lowest BCUT2D eigenvalue weighted by Gasteiger charge is -2.28. The fourth-order valence-corrected chi connectivity index (χ4v) is 2.43. The molecule has 3 N–H and O–H groups in total. The summed E-state index contributed by atoms with van der Waals surface area (Å²) in [5, 5.41) is 8.93. The lowest BCUT2D eigenvalue weighted by molar-refractivity contribution is -0.173. The van der Waals surface area contributed by atoms with Crippen LogP contribution >= 0.6 is 0 Å². The van der Waals surface area contributed by atoms with Crippen LogP contribution in [-0.4, -0.2) is 36.3 Å². The third kappa shape index (κ3) is 3.14. The summed E-state index contributed by atoms with van der Waals surface area (Å²) in [6, 6.07) is 0.291. The largest absolute Gasteiger partial charge is 0.394 e. The molecule has 0 amide bonds. The van der Waals surface area contributed by atoms with Gasteiger partial charge in [-0.3, -0.25) is 0 Å². The van der Waals surface area contributed by atoms with E-state index >= 15 is 0 Å². The van der Waals surface area contributed by atoms with Crippen LogP contribution in [0.2, 0.25) is 0 Å². The Morgan fingerprint density at radius 2 is 2.13 bits per heavy atom. The molecular formula is C11H21NO3. The van der Waals surface area contributed by atoms with Crippen molar-refractivity contribution in [1.82, 2.24) is 0 Å². The normalized spacial score (nSPS) is 42.0. The Morgan fingerprint density at radius 3 is 2.80 bits per heavy atom. The van der Waals surface area contributed by atoms with Gasteiger partial charge in [0.25, 0.3) is 0 Å². The van der Waals surface area contributed by atoms with Crippen molar-refractivity contribution in [3.05, 3.63) is 0 Å². The van der Waals surface area contributed by atoms with E-state index in [9.17, 15) is 0 Å². The Bertz CT molecular complexity index is 200. The van der Waals surface area contributed by atoms with Gasteiger partial charge in [-0.2, -0.15) is 0 Å². The lowest BCUT2D eigenvalue weighted by Crippen LogP contribution is -2.34. The van der Waals surface area contributed by atoms with E-state index in [1.165, 1.54) is 0 Å². The molecular weight excluding hydrogens is 194 g/mol. The highest BCUT2D eigenvalue weighted by Gasteiger charge is 2.29. The smallest absolute Gasteiger partial charge is 0.158 e. The molecule has 1 heterocycles. The Labute approximate surface area is 90.7 Å². The highest BCUT2D eigenvalue weighted by molar-refractivity contribution is 4.77. The van der Waals surface area contributed by atoms with Crippen LogP contribution in [0.15, 0.2) is 0 Å². The molecule has 4 heteroatoms. The highest BCUT2D eigenvalue weighted by atomic mass is 16.7. The lowest BCUT2D eigenvalue weighted by atomic mass is 9.93. The summed E-state index contributed by atoms with van der Waals surface area (Å²) in [7, 11) is 0. The molecule has 0 radical (unpaired) electrons. The van der Waals surface area contributed by atoms with Gasteiger partial charge >= 0.3 is 0 Å². The van der Waals surface area contributed by atoms with Gasteiger partial charge in [0.05, 0.1) is 18.8 Å². The zero-order chi connectivity index (χ0) is 10.7. The predicted molar refractivity (Wildman–Crippen MR) is 56.3 cm³/mol. The van der Waals surface area contributed by atoms with Gasteiger partial charge in [-0.25, -0.2) is 0 Å². The number of nitrogens with two attached hydrogens (primary N) is 1. The second-order valence-corrected chi connectivity index (χ2v) is 4.63. The number of ether oxygens (including phenoxy) is 2. The van der Waals surface area contributed by atoms with E-state index < -0.39 is 0 Å². The van der Waals surface area contributed by atoms with Crippen molar-refractivity contribution in [3.63, 3.8) is 0 Å². The summed E-state index contributed by atoms with van der Waals surface area (Å²) in [6.45, 7) is 0.101. The average Bonchev–Trinajstić information content (AvgIpc) is 2.65. The number of aliphatic hydroxyl groups is 1. The minimum absolute atomic E-state index is 0.0211. The SMILES string of the molecule is NC1CCCC(OC2CCC(CO)O2)C1. The second kappa shape index (κ2) is 5.25. The minimum Gasteiger partial charge on any atom is -0.394 e. The van der Waals surface area contributed by atoms with Crippen molar-refractivity contribution in [1.29, 1.82) is 0 Å². The van der Waals surface area contributed by atoms with Gasteiger partial charge in [0.1, 0.15) is 0 Å². The van der Waals surface area contributed by atoms with Gasteiger partial charge in [-0.15, -0.1) is 0 Å². The van der Waals surface area contributed by atoms with E-state index in [-0.39, 0.29) is 25.1 Å². The molecule has 1 aliphatic carbocycles. The van der Waals surface area contributed by atoms with Crippen molar-refractivity contribution in [3.8, 4) is 0 Å². The van der Waals surface area contributed by atoms with Crippen LogP contribution in [0, 0.1) is 0 Å². The van der Waals surface area contributed by atoms with Crippen LogP contribution in [0.3, 0.4) is 0 Å². The van der Waals surface area contributed by atoms with Crippen molar-refractivity contribution >= 4 is 0 Å². The van der Waals surface area contributed by atoms with E-state index in [2.05, 4.69) is 0 Å². The van der Waals surface area contributed by atoms with E-state index in [4.69, 9.17) is 20.3 Å². The van der Waals surface area contributed by atoms with Gasteiger partial charge in [0.2, 0.25) is 0 Å². The van der Waals surface area contributed by atoms with Crippen molar-refractivity contribution < 1.29 is 14.6 Å². The Kier molecular flexibility index (Phi) is 3.97. The fourth-order valence-electron chi connectivity index (χ4n) is 2.43. The third-order valence-electron chi connectivity index (χ3n) is 3.28. The molecule has 1 saturated carbocycles. The zero-order valence-electron chi connectivity index (χ0n) is 9.10. The first-order valence-corrected chi connectivity index (χ1v) is 5.95. The van der Waals surface area contributed by atoms with E-state index in [1.54, 1.807) is 0 Å². The molecule has 88 valence electrons. The first-order valence-electron chi connectivity index (χ1n) is 5.95. The molecule has 1 saturated heterocycles. The van der Waals surface area contributed by atoms with Gasteiger partial charge < -0.3 is 20.3 Å². The molecule has 2 rings (SSSR count). The number of rotatable bonds is 3. The quantitative estimate of drug-likeness (QED) is 0.730. The first-order chi connectivity index (χ1) is 7.28. The fraction of sp³-hybridized carbons (Fsp3) is 1.00. The van der Waals surface area contributed by atoms with E-state index in [0.717, 1.165) is 38.5 Å². The maximum atomic E-state index is 8.93. The molecule has 4 unspecified atom stereocenters. The summed E-state index contributed by atoms with van der Waals surface area (Å²) >= 11 is 0. The summed E-state index contributed by atoms with van der Waals surface area (Å²) < 4.78 is 11.4. The van der Waals surface area contributed by atoms with Crippen molar-refractivity contribution in [2.75, 3.05) is 6.61 Å². The maximum Gasteiger partial charge on any atom is 0.158 e. The summed E-state index contributed by atoms with van der Waals surface area (Å²) in [6.07, 6.45) is 6.24. The van der Waals surface area contributed by atoms with E-state index in [0.29, 0.717) is 6.04 Å². The van der Waals surface area contributed by atoms with Gasteiger partial charge in [0.15, 0.2) is 6.29 Å². The standard InChI is InChI=1S/C11H21NO3/c12-8-2-1-3-9(6-8)14-11-5-4-10(7-13)15-11/h8-11,13H,1-7,12H2.